The first-order chi connectivity index (χ1) is 8.90. The van der Waals surface area contributed by atoms with Crippen LogP contribution >= 0.6 is 11.6 Å². The van der Waals surface area contributed by atoms with E-state index in [2.05, 4.69) is 5.10 Å². The third-order valence-corrected chi connectivity index (χ3v) is 3.50. The van der Waals surface area contributed by atoms with Gasteiger partial charge in [0, 0.05) is 19.0 Å². The molecule has 0 amide bonds. The second kappa shape index (κ2) is 5.13. The van der Waals surface area contributed by atoms with Crippen molar-refractivity contribution < 1.29 is 9.18 Å². The molecule has 0 aliphatic heterocycles. The molecule has 3 nitrogen and oxygen atoms in total. The van der Waals surface area contributed by atoms with Gasteiger partial charge in [-0.2, -0.15) is 5.10 Å². The van der Waals surface area contributed by atoms with Crippen LogP contribution in [-0.2, 0) is 13.5 Å². The van der Waals surface area contributed by atoms with Gasteiger partial charge in [-0.3, -0.25) is 9.48 Å². The monoisotopic (exact) mass is 280 g/mol. The number of aromatic nitrogens is 2. The minimum absolute atomic E-state index is 0.0541. The molecule has 19 heavy (non-hydrogen) atoms. The van der Waals surface area contributed by atoms with Gasteiger partial charge in [0.15, 0.2) is 5.78 Å². The maximum atomic E-state index is 13.7. The Bertz CT molecular complexity index is 649. The molecule has 0 radical (unpaired) electrons. The van der Waals surface area contributed by atoms with E-state index >= 15 is 0 Å². The fraction of sp³-hybridized carbons (Fsp3) is 0.286. The summed E-state index contributed by atoms with van der Waals surface area (Å²) in [6, 6.07) is 4.57. The molecule has 1 heterocycles. The zero-order chi connectivity index (χ0) is 14.2. The van der Waals surface area contributed by atoms with Crippen molar-refractivity contribution in [1.82, 2.24) is 9.78 Å². The second-order valence-electron chi connectivity index (χ2n) is 4.56. The van der Waals surface area contributed by atoms with Crippen LogP contribution in [0, 0.1) is 19.7 Å². The van der Waals surface area contributed by atoms with E-state index in [-0.39, 0.29) is 17.8 Å². The Morgan fingerprint density at radius 1 is 1.42 bits per heavy atom. The number of aryl methyl sites for hydroxylation is 3. The number of ketones is 1. The van der Waals surface area contributed by atoms with E-state index < -0.39 is 5.82 Å². The molecule has 0 atom stereocenters. The van der Waals surface area contributed by atoms with E-state index in [4.69, 9.17) is 11.6 Å². The maximum absolute atomic E-state index is 13.7. The largest absolute Gasteiger partial charge is 0.294 e. The van der Waals surface area contributed by atoms with E-state index in [1.165, 1.54) is 16.8 Å². The van der Waals surface area contributed by atoms with Crippen molar-refractivity contribution in [3.05, 3.63) is 51.6 Å². The van der Waals surface area contributed by atoms with Crippen molar-refractivity contribution in [2.45, 2.75) is 20.3 Å². The second-order valence-corrected chi connectivity index (χ2v) is 4.92. The van der Waals surface area contributed by atoms with Crippen molar-refractivity contribution >= 4 is 17.4 Å². The molecule has 0 N–H and O–H groups in total. The summed E-state index contributed by atoms with van der Waals surface area (Å²) in [5.74, 6) is -0.793. The summed E-state index contributed by atoms with van der Waals surface area (Å²) in [6.07, 6.45) is 0.0541. The van der Waals surface area contributed by atoms with Gasteiger partial charge >= 0.3 is 0 Å². The van der Waals surface area contributed by atoms with Crippen LogP contribution in [-0.4, -0.2) is 15.6 Å². The van der Waals surface area contributed by atoms with Gasteiger partial charge in [-0.25, -0.2) is 4.39 Å². The third-order valence-electron chi connectivity index (χ3n) is 3.03. The zero-order valence-electron chi connectivity index (χ0n) is 11.0. The summed E-state index contributed by atoms with van der Waals surface area (Å²) in [4.78, 5) is 12.1. The molecule has 1 aromatic carbocycles. The molecule has 0 bridgehead atoms. The van der Waals surface area contributed by atoms with Gasteiger partial charge in [0.1, 0.15) is 11.0 Å². The lowest BCUT2D eigenvalue weighted by atomic mass is 10.0. The summed E-state index contributed by atoms with van der Waals surface area (Å²) in [5, 5.41) is 4.55. The average molecular weight is 281 g/mol. The lowest BCUT2D eigenvalue weighted by Gasteiger charge is -2.04. The number of benzene rings is 1. The lowest BCUT2D eigenvalue weighted by molar-refractivity contribution is 0.0989. The Kier molecular flexibility index (Phi) is 3.71. The predicted molar refractivity (Wildman–Crippen MR) is 72.1 cm³/mol. The zero-order valence-corrected chi connectivity index (χ0v) is 11.8. The summed E-state index contributed by atoms with van der Waals surface area (Å²) in [5.41, 5.74) is 2.21. The van der Waals surface area contributed by atoms with Gasteiger partial charge < -0.3 is 0 Å². The Labute approximate surface area is 116 Å². The van der Waals surface area contributed by atoms with Crippen LogP contribution < -0.4 is 0 Å². The number of halogens is 2. The van der Waals surface area contributed by atoms with E-state index in [1.807, 2.05) is 0 Å². The Morgan fingerprint density at radius 2 is 2.11 bits per heavy atom. The molecule has 0 saturated carbocycles. The van der Waals surface area contributed by atoms with Crippen LogP contribution in [0.2, 0.25) is 5.15 Å². The first kappa shape index (κ1) is 13.7. The molecule has 0 unspecified atom stereocenters. The Hall–Kier alpha value is -1.68. The highest BCUT2D eigenvalue weighted by Gasteiger charge is 2.18. The third kappa shape index (κ3) is 2.68. The highest BCUT2D eigenvalue weighted by molar-refractivity contribution is 6.30. The van der Waals surface area contributed by atoms with Crippen molar-refractivity contribution in [1.29, 1.82) is 0 Å². The minimum atomic E-state index is -0.498. The van der Waals surface area contributed by atoms with Gasteiger partial charge in [-0.05, 0) is 31.5 Å². The number of hydrogen-bond donors (Lipinski definition) is 0. The summed E-state index contributed by atoms with van der Waals surface area (Å²) >= 11 is 6.07. The number of hydrogen-bond acceptors (Lipinski definition) is 2. The maximum Gasteiger partial charge on any atom is 0.170 e. The molecule has 2 aromatic rings. The summed E-state index contributed by atoms with van der Waals surface area (Å²) in [7, 11) is 1.70. The van der Waals surface area contributed by atoms with Gasteiger partial charge in [-0.1, -0.05) is 17.7 Å². The Balaban J connectivity index is 2.31. The number of rotatable bonds is 3. The van der Waals surface area contributed by atoms with Crippen molar-refractivity contribution in [2.75, 3.05) is 0 Å². The van der Waals surface area contributed by atoms with E-state index in [1.54, 1.807) is 27.0 Å². The van der Waals surface area contributed by atoms with Crippen LogP contribution in [0.4, 0.5) is 4.39 Å². The topological polar surface area (TPSA) is 34.9 Å². The Morgan fingerprint density at radius 3 is 2.63 bits per heavy atom. The molecular weight excluding hydrogens is 267 g/mol. The number of carbonyl (C=O) groups is 1. The molecule has 100 valence electrons. The molecular formula is C14H14ClFN2O. The molecule has 0 aliphatic rings. The quantitative estimate of drug-likeness (QED) is 0.809. The van der Waals surface area contributed by atoms with Crippen LogP contribution in [0.5, 0.6) is 0 Å². The average Bonchev–Trinajstić information content (AvgIpc) is 2.56. The van der Waals surface area contributed by atoms with Crippen molar-refractivity contribution in [3.63, 3.8) is 0 Å². The van der Waals surface area contributed by atoms with E-state index in [9.17, 15) is 9.18 Å². The SMILES string of the molecule is Cc1ccc(C(=O)Cc2c(C)nn(C)c2Cl)c(F)c1. The highest BCUT2D eigenvalue weighted by atomic mass is 35.5. The minimum Gasteiger partial charge on any atom is -0.294 e. The normalized spacial score (nSPS) is 10.8. The number of carbonyl (C=O) groups excluding carboxylic acids is 1. The van der Waals surface area contributed by atoms with Crippen molar-refractivity contribution in [2.24, 2.45) is 7.05 Å². The molecule has 0 aliphatic carbocycles. The van der Waals surface area contributed by atoms with Crippen LogP contribution in [0.3, 0.4) is 0 Å². The van der Waals surface area contributed by atoms with Gasteiger partial charge in [0.2, 0.25) is 0 Å². The van der Waals surface area contributed by atoms with Gasteiger partial charge in [-0.15, -0.1) is 0 Å². The van der Waals surface area contributed by atoms with Crippen LogP contribution in [0.15, 0.2) is 18.2 Å². The fourth-order valence-corrected chi connectivity index (χ4v) is 2.22. The number of nitrogens with zero attached hydrogens (tertiary/aromatic N) is 2. The molecule has 1 aromatic heterocycles. The molecule has 5 heteroatoms. The smallest absolute Gasteiger partial charge is 0.170 e. The van der Waals surface area contributed by atoms with Gasteiger partial charge in [0.25, 0.3) is 0 Å². The number of Topliss-reactive ketones (excluding diaryl/α,β-unsaturated/α-hetero) is 1. The molecule has 2 rings (SSSR count). The predicted octanol–water partition coefficient (Wildman–Crippen LogP) is 3.25. The fourth-order valence-electron chi connectivity index (χ4n) is 1.98. The molecule has 0 fully saturated rings. The van der Waals surface area contributed by atoms with E-state index in [0.717, 1.165) is 5.56 Å². The standard InChI is InChI=1S/C14H14ClFN2O/c1-8-4-5-10(12(16)6-8)13(19)7-11-9(2)17-18(3)14(11)15/h4-6H,7H2,1-3H3. The summed E-state index contributed by atoms with van der Waals surface area (Å²) in [6.45, 7) is 3.56. The molecule has 0 spiro atoms. The lowest BCUT2D eigenvalue weighted by Crippen LogP contribution is -2.07. The first-order valence-corrected chi connectivity index (χ1v) is 6.25. The summed E-state index contributed by atoms with van der Waals surface area (Å²) < 4.78 is 15.2. The van der Waals surface area contributed by atoms with Crippen molar-refractivity contribution in [3.8, 4) is 0 Å². The van der Waals surface area contributed by atoms with Gasteiger partial charge in [0.05, 0.1) is 11.3 Å². The highest BCUT2D eigenvalue weighted by Crippen LogP contribution is 2.21. The molecule has 0 saturated heterocycles. The first-order valence-electron chi connectivity index (χ1n) is 5.87. The van der Waals surface area contributed by atoms with E-state index in [0.29, 0.717) is 16.4 Å². The van der Waals surface area contributed by atoms with Crippen LogP contribution in [0.1, 0.15) is 27.2 Å². The van der Waals surface area contributed by atoms with Crippen LogP contribution in [0.25, 0.3) is 0 Å².